The summed E-state index contributed by atoms with van der Waals surface area (Å²) in [5.41, 5.74) is 1.17. The van der Waals surface area contributed by atoms with Crippen LogP contribution in [0.3, 0.4) is 0 Å². The van der Waals surface area contributed by atoms with Gasteiger partial charge in [0.05, 0.1) is 0 Å². The second kappa shape index (κ2) is 6.91. The fourth-order valence-corrected chi connectivity index (χ4v) is 2.54. The normalized spacial score (nSPS) is 11.9. The predicted octanol–water partition coefficient (Wildman–Crippen LogP) is 4.08. The first-order valence-electron chi connectivity index (χ1n) is 7.97. The maximum atomic E-state index is 13.3. The van der Waals surface area contributed by atoms with Crippen molar-refractivity contribution in [3.63, 3.8) is 0 Å². The fraction of sp³-hybridized carbons (Fsp3) is 0.0526. The van der Waals surface area contributed by atoms with Gasteiger partial charge in [0.15, 0.2) is 23.1 Å². The van der Waals surface area contributed by atoms with Gasteiger partial charge < -0.3 is 20.1 Å². The average Bonchev–Trinajstić information content (AvgIpc) is 3.13. The summed E-state index contributed by atoms with van der Waals surface area (Å²) < 4.78 is 36.8. The Kier molecular flexibility index (Phi) is 4.29. The van der Waals surface area contributed by atoms with E-state index in [2.05, 4.69) is 15.6 Å². The number of hydrogen-bond acceptors (Lipinski definition) is 5. The Balaban J connectivity index is 1.49. The summed E-state index contributed by atoms with van der Waals surface area (Å²) in [6.07, 6.45) is 1.47. The first-order chi connectivity index (χ1) is 13.1. The summed E-state index contributed by atoms with van der Waals surface area (Å²) in [6, 6.07) is 11.5. The van der Waals surface area contributed by atoms with E-state index in [0.29, 0.717) is 28.6 Å². The number of nitrogens with one attached hydrogen (secondary N) is 2. The fourth-order valence-electron chi connectivity index (χ4n) is 2.54. The monoisotopic (exact) mass is 369 g/mol. The molecule has 0 radical (unpaired) electrons. The quantitative estimate of drug-likeness (QED) is 0.725. The lowest BCUT2D eigenvalue weighted by Crippen LogP contribution is -2.12. The van der Waals surface area contributed by atoms with Crippen molar-refractivity contribution in [1.29, 1.82) is 0 Å². The van der Waals surface area contributed by atoms with Gasteiger partial charge >= 0.3 is 0 Å². The second-order valence-corrected chi connectivity index (χ2v) is 5.71. The Hall–Kier alpha value is -3.68. The van der Waals surface area contributed by atoms with Crippen molar-refractivity contribution in [2.24, 2.45) is 0 Å². The van der Waals surface area contributed by atoms with Crippen molar-refractivity contribution in [3.8, 4) is 11.5 Å². The van der Waals surface area contributed by atoms with Crippen LogP contribution in [-0.2, 0) is 0 Å². The molecule has 2 N–H and O–H groups in total. The number of nitrogens with zero attached hydrogens (tertiary/aromatic N) is 1. The molecule has 4 rings (SSSR count). The predicted molar refractivity (Wildman–Crippen MR) is 94.4 cm³/mol. The molecule has 8 heteroatoms. The third-order valence-electron chi connectivity index (χ3n) is 3.84. The van der Waals surface area contributed by atoms with Crippen molar-refractivity contribution < 1.29 is 23.0 Å². The number of aromatic nitrogens is 1. The van der Waals surface area contributed by atoms with Gasteiger partial charge in [-0.1, -0.05) is 0 Å². The molecule has 1 aliphatic rings. The molecule has 1 aliphatic heterocycles. The van der Waals surface area contributed by atoms with Gasteiger partial charge in [-0.2, -0.15) is 0 Å². The van der Waals surface area contributed by atoms with E-state index < -0.39 is 17.5 Å². The van der Waals surface area contributed by atoms with E-state index in [9.17, 15) is 13.6 Å². The number of anilines is 3. The number of pyridine rings is 1. The van der Waals surface area contributed by atoms with Gasteiger partial charge in [-0.3, -0.25) is 4.79 Å². The highest BCUT2D eigenvalue weighted by Gasteiger charge is 2.14. The molecule has 0 bridgehead atoms. The third-order valence-corrected chi connectivity index (χ3v) is 3.84. The van der Waals surface area contributed by atoms with Crippen LogP contribution in [0.25, 0.3) is 0 Å². The molecular formula is C19H13F2N3O3. The topological polar surface area (TPSA) is 72.5 Å². The van der Waals surface area contributed by atoms with Crippen LogP contribution in [0, 0.1) is 11.6 Å². The lowest BCUT2D eigenvalue weighted by molar-refractivity contribution is 0.102. The SMILES string of the molecule is O=C(Nc1ccc(F)c(F)c1)c1ccnc(Nc2ccc3c(c2)OCO3)c1. The van der Waals surface area contributed by atoms with Gasteiger partial charge in [-0.25, -0.2) is 13.8 Å². The number of rotatable bonds is 4. The Labute approximate surface area is 152 Å². The van der Waals surface area contributed by atoms with Crippen molar-refractivity contribution >= 4 is 23.1 Å². The highest BCUT2D eigenvalue weighted by atomic mass is 19.2. The van der Waals surface area contributed by atoms with Crippen LogP contribution < -0.4 is 20.1 Å². The molecule has 2 heterocycles. The first-order valence-corrected chi connectivity index (χ1v) is 7.97. The number of fused-ring (bicyclic) bond motifs is 1. The number of benzene rings is 2. The van der Waals surface area contributed by atoms with E-state index in [4.69, 9.17) is 9.47 Å². The Morgan fingerprint density at radius 2 is 1.74 bits per heavy atom. The molecule has 3 aromatic rings. The number of carbonyl (C=O) groups excluding carboxylic acids is 1. The number of carbonyl (C=O) groups is 1. The zero-order valence-electron chi connectivity index (χ0n) is 13.8. The van der Waals surface area contributed by atoms with Crippen LogP contribution in [0.1, 0.15) is 10.4 Å². The minimum absolute atomic E-state index is 0.154. The summed E-state index contributed by atoms with van der Waals surface area (Å²) >= 11 is 0. The maximum Gasteiger partial charge on any atom is 0.255 e. The smallest absolute Gasteiger partial charge is 0.255 e. The van der Waals surface area contributed by atoms with Crippen LogP contribution in [-0.4, -0.2) is 17.7 Å². The Morgan fingerprint density at radius 1 is 0.926 bits per heavy atom. The van der Waals surface area contributed by atoms with Crippen LogP contribution in [0.15, 0.2) is 54.7 Å². The van der Waals surface area contributed by atoms with Gasteiger partial charge in [0.2, 0.25) is 6.79 Å². The van der Waals surface area contributed by atoms with Gasteiger partial charge in [0.25, 0.3) is 5.91 Å². The molecule has 27 heavy (non-hydrogen) atoms. The van der Waals surface area contributed by atoms with Crippen molar-refractivity contribution in [1.82, 2.24) is 4.98 Å². The summed E-state index contributed by atoms with van der Waals surface area (Å²) in [5, 5.41) is 5.59. The molecule has 136 valence electrons. The molecule has 0 saturated heterocycles. The van der Waals surface area contributed by atoms with E-state index in [1.165, 1.54) is 18.3 Å². The van der Waals surface area contributed by atoms with Crippen molar-refractivity contribution in [2.45, 2.75) is 0 Å². The number of halogens is 2. The number of amides is 1. The molecule has 0 atom stereocenters. The average molecular weight is 369 g/mol. The highest BCUT2D eigenvalue weighted by molar-refractivity contribution is 6.04. The molecule has 6 nitrogen and oxygen atoms in total. The third kappa shape index (κ3) is 3.64. The molecule has 0 saturated carbocycles. The summed E-state index contributed by atoms with van der Waals surface area (Å²) in [7, 11) is 0. The minimum Gasteiger partial charge on any atom is -0.454 e. The molecule has 0 aliphatic carbocycles. The van der Waals surface area contributed by atoms with Crippen LogP contribution >= 0.6 is 0 Å². The summed E-state index contributed by atoms with van der Waals surface area (Å²) in [5.74, 6) is -0.774. The standard InChI is InChI=1S/C19H13F2N3O3/c20-14-3-1-12(8-15(14)21)24-19(25)11-5-6-22-18(7-11)23-13-2-4-16-17(9-13)27-10-26-16/h1-9H,10H2,(H,22,23)(H,24,25). The molecule has 1 aromatic heterocycles. The summed E-state index contributed by atoms with van der Waals surface area (Å²) in [6.45, 7) is 0.177. The van der Waals surface area contributed by atoms with E-state index in [0.717, 1.165) is 12.1 Å². The zero-order valence-corrected chi connectivity index (χ0v) is 13.8. The van der Waals surface area contributed by atoms with E-state index in [1.807, 2.05) is 0 Å². The van der Waals surface area contributed by atoms with Gasteiger partial charge in [-0.05, 0) is 36.4 Å². The number of ether oxygens (including phenoxy) is 2. The van der Waals surface area contributed by atoms with Crippen LogP contribution in [0.5, 0.6) is 11.5 Å². The first kappa shape index (κ1) is 16.8. The van der Waals surface area contributed by atoms with Crippen molar-refractivity contribution in [3.05, 3.63) is 71.9 Å². The van der Waals surface area contributed by atoms with Crippen LogP contribution in [0.4, 0.5) is 26.0 Å². The molecule has 0 spiro atoms. The second-order valence-electron chi connectivity index (χ2n) is 5.71. The lowest BCUT2D eigenvalue weighted by Gasteiger charge is -2.09. The Bertz CT molecular complexity index is 1030. The van der Waals surface area contributed by atoms with E-state index in [-0.39, 0.29) is 12.5 Å². The summed E-state index contributed by atoms with van der Waals surface area (Å²) in [4.78, 5) is 16.5. The van der Waals surface area contributed by atoms with Crippen LogP contribution in [0.2, 0.25) is 0 Å². The van der Waals surface area contributed by atoms with Crippen molar-refractivity contribution in [2.75, 3.05) is 17.4 Å². The molecule has 0 fully saturated rings. The minimum atomic E-state index is -1.03. The van der Waals surface area contributed by atoms with E-state index in [1.54, 1.807) is 24.3 Å². The molecule has 0 unspecified atom stereocenters. The molecule has 2 aromatic carbocycles. The largest absolute Gasteiger partial charge is 0.454 e. The van der Waals surface area contributed by atoms with Gasteiger partial charge in [-0.15, -0.1) is 0 Å². The van der Waals surface area contributed by atoms with E-state index >= 15 is 0 Å². The number of hydrogen-bond donors (Lipinski definition) is 2. The lowest BCUT2D eigenvalue weighted by atomic mass is 10.2. The highest BCUT2D eigenvalue weighted by Crippen LogP contribution is 2.34. The zero-order chi connectivity index (χ0) is 18.8. The molecule has 1 amide bonds. The maximum absolute atomic E-state index is 13.3. The molecular weight excluding hydrogens is 356 g/mol. The Morgan fingerprint density at radius 3 is 2.59 bits per heavy atom. The van der Waals surface area contributed by atoms with Gasteiger partial charge in [0, 0.05) is 35.3 Å². The van der Waals surface area contributed by atoms with Gasteiger partial charge in [0.1, 0.15) is 5.82 Å².